The number of aliphatic carboxylic acids is 1. The topological polar surface area (TPSA) is 127 Å². The summed E-state index contributed by atoms with van der Waals surface area (Å²) >= 11 is 0. The molecule has 4 N–H and O–H groups in total. The first-order valence-corrected chi connectivity index (χ1v) is 4.36. The fourth-order valence-corrected chi connectivity index (χ4v) is 1.24. The minimum atomic E-state index is -1.25. The lowest BCUT2D eigenvalue weighted by Crippen LogP contribution is -2.32. The van der Waals surface area contributed by atoms with Gasteiger partial charge in [0.25, 0.3) is 5.69 Å². The van der Waals surface area contributed by atoms with Crippen molar-refractivity contribution in [3.63, 3.8) is 0 Å². The van der Waals surface area contributed by atoms with E-state index in [-0.39, 0.29) is 23.4 Å². The molecule has 0 unspecified atom stereocenters. The Morgan fingerprint density at radius 2 is 2.19 bits per heavy atom. The minimum Gasteiger partial charge on any atom is -0.508 e. The molecule has 7 heteroatoms. The second-order valence-electron chi connectivity index (χ2n) is 3.22. The lowest BCUT2D eigenvalue weighted by atomic mass is 10.0. The summed E-state index contributed by atoms with van der Waals surface area (Å²) in [5.74, 6) is -1.42. The van der Waals surface area contributed by atoms with Crippen LogP contribution in [0.5, 0.6) is 5.75 Å². The third-order valence-corrected chi connectivity index (χ3v) is 2.02. The van der Waals surface area contributed by atoms with Crippen molar-refractivity contribution >= 4 is 11.7 Å². The number of carboxylic acids is 1. The van der Waals surface area contributed by atoms with E-state index in [1.54, 1.807) is 0 Å². The van der Waals surface area contributed by atoms with Crippen molar-refractivity contribution in [3.8, 4) is 5.75 Å². The highest BCUT2D eigenvalue weighted by atomic mass is 16.6. The second kappa shape index (κ2) is 4.58. The zero-order chi connectivity index (χ0) is 12.3. The van der Waals surface area contributed by atoms with Crippen LogP contribution in [-0.4, -0.2) is 27.1 Å². The van der Waals surface area contributed by atoms with Crippen LogP contribution >= 0.6 is 0 Å². The molecule has 0 aliphatic carbocycles. The van der Waals surface area contributed by atoms with Gasteiger partial charge < -0.3 is 15.9 Å². The minimum absolute atomic E-state index is 0.0971. The number of carbonyl (C=O) groups is 1. The monoisotopic (exact) mass is 226 g/mol. The van der Waals surface area contributed by atoms with Crippen molar-refractivity contribution in [1.29, 1.82) is 0 Å². The Labute approximate surface area is 90.3 Å². The molecule has 0 amide bonds. The molecule has 0 aliphatic heterocycles. The molecular weight excluding hydrogens is 216 g/mol. The van der Waals surface area contributed by atoms with Gasteiger partial charge in [-0.1, -0.05) is 0 Å². The number of hydrogen-bond acceptors (Lipinski definition) is 5. The molecule has 7 nitrogen and oxygen atoms in total. The highest BCUT2D eigenvalue weighted by Gasteiger charge is 2.20. The van der Waals surface area contributed by atoms with E-state index in [2.05, 4.69) is 0 Å². The fourth-order valence-electron chi connectivity index (χ4n) is 1.24. The van der Waals surface area contributed by atoms with Crippen LogP contribution in [0.1, 0.15) is 5.56 Å². The predicted molar refractivity (Wildman–Crippen MR) is 54.1 cm³/mol. The largest absolute Gasteiger partial charge is 0.508 e. The second-order valence-corrected chi connectivity index (χ2v) is 3.22. The lowest BCUT2D eigenvalue weighted by Gasteiger charge is -2.07. The van der Waals surface area contributed by atoms with Crippen molar-refractivity contribution in [2.75, 3.05) is 0 Å². The Balaban J connectivity index is 3.05. The molecule has 16 heavy (non-hydrogen) atoms. The van der Waals surface area contributed by atoms with Gasteiger partial charge in [-0.3, -0.25) is 14.9 Å². The summed E-state index contributed by atoms with van der Waals surface area (Å²) in [7, 11) is 0. The Morgan fingerprint density at radius 3 is 2.69 bits per heavy atom. The van der Waals surface area contributed by atoms with Gasteiger partial charge in [-0.15, -0.1) is 0 Å². The molecule has 1 rings (SSSR count). The molecular formula is C9H10N2O5. The summed E-state index contributed by atoms with van der Waals surface area (Å²) in [6, 6.07) is 2.18. The van der Waals surface area contributed by atoms with Crippen LogP contribution in [-0.2, 0) is 11.2 Å². The lowest BCUT2D eigenvalue weighted by molar-refractivity contribution is -0.385. The van der Waals surface area contributed by atoms with Crippen LogP contribution in [0.25, 0.3) is 0 Å². The highest BCUT2D eigenvalue weighted by molar-refractivity contribution is 5.73. The standard InChI is InChI=1S/C9H10N2O5/c10-7(9(13)14)4-5-3-6(12)1-2-8(5)11(15)16/h1-3,7,12H,4,10H2,(H,13,14)/t7-/m0/s1. The third kappa shape index (κ3) is 2.67. The number of phenolic OH excluding ortho intramolecular Hbond substituents is 1. The van der Waals surface area contributed by atoms with Gasteiger partial charge >= 0.3 is 5.97 Å². The first-order chi connectivity index (χ1) is 7.41. The van der Waals surface area contributed by atoms with Gasteiger partial charge in [-0.2, -0.15) is 0 Å². The van der Waals surface area contributed by atoms with Gasteiger partial charge in [0.15, 0.2) is 0 Å². The highest BCUT2D eigenvalue weighted by Crippen LogP contribution is 2.24. The zero-order valence-corrected chi connectivity index (χ0v) is 8.16. The van der Waals surface area contributed by atoms with E-state index in [0.717, 1.165) is 18.2 Å². The number of carboxylic acid groups (broad SMARTS) is 1. The fraction of sp³-hybridized carbons (Fsp3) is 0.222. The number of nitro benzene ring substituents is 1. The number of nitrogens with zero attached hydrogens (tertiary/aromatic N) is 1. The number of rotatable bonds is 4. The Hall–Kier alpha value is -2.15. The molecule has 1 aromatic rings. The number of phenols is 1. The average Bonchev–Trinajstić information content (AvgIpc) is 2.16. The van der Waals surface area contributed by atoms with E-state index in [0.29, 0.717) is 0 Å². The molecule has 1 aromatic carbocycles. The van der Waals surface area contributed by atoms with E-state index < -0.39 is 16.9 Å². The number of hydrogen-bond donors (Lipinski definition) is 3. The van der Waals surface area contributed by atoms with Crippen LogP contribution in [0.3, 0.4) is 0 Å². The quantitative estimate of drug-likeness (QED) is 0.499. The summed E-state index contributed by atoms with van der Waals surface area (Å²) < 4.78 is 0. The number of benzene rings is 1. The molecule has 0 aliphatic rings. The molecule has 0 bridgehead atoms. The van der Waals surface area contributed by atoms with Crippen molar-refractivity contribution in [2.45, 2.75) is 12.5 Å². The number of aromatic hydroxyl groups is 1. The Kier molecular flexibility index (Phi) is 3.41. The zero-order valence-electron chi connectivity index (χ0n) is 8.16. The van der Waals surface area contributed by atoms with E-state index in [1.807, 2.05) is 0 Å². The number of nitro groups is 1. The molecule has 0 fully saturated rings. The summed E-state index contributed by atoms with van der Waals surface area (Å²) in [4.78, 5) is 20.5. The molecule has 0 spiro atoms. The maximum absolute atomic E-state index is 10.6. The van der Waals surface area contributed by atoms with Crippen LogP contribution in [0, 0.1) is 10.1 Å². The molecule has 1 atom stereocenters. The van der Waals surface area contributed by atoms with E-state index in [1.165, 1.54) is 0 Å². The smallest absolute Gasteiger partial charge is 0.320 e. The summed E-state index contributed by atoms with van der Waals surface area (Å²) in [5, 5.41) is 28.4. The van der Waals surface area contributed by atoms with Crippen LogP contribution in [0.15, 0.2) is 18.2 Å². The summed E-state index contributed by atoms with van der Waals surface area (Å²) in [6.45, 7) is 0. The predicted octanol–water partition coefficient (Wildman–Crippen LogP) is 0.255. The van der Waals surface area contributed by atoms with E-state index >= 15 is 0 Å². The molecule has 86 valence electrons. The molecule has 0 heterocycles. The van der Waals surface area contributed by atoms with Gasteiger partial charge in [0.2, 0.25) is 0 Å². The molecule has 0 saturated heterocycles. The Bertz CT molecular complexity index is 432. The van der Waals surface area contributed by atoms with Crippen LogP contribution in [0.4, 0.5) is 5.69 Å². The normalized spacial score (nSPS) is 12.1. The molecule has 0 saturated carbocycles. The first-order valence-electron chi connectivity index (χ1n) is 4.36. The van der Waals surface area contributed by atoms with Crippen LogP contribution in [0.2, 0.25) is 0 Å². The van der Waals surface area contributed by atoms with Crippen molar-refractivity contribution in [3.05, 3.63) is 33.9 Å². The number of nitrogens with two attached hydrogens (primary N) is 1. The van der Waals surface area contributed by atoms with Gasteiger partial charge in [-0.05, 0) is 12.1 Å². The Morgan fingerprint density at radius 1 is 1.56 bits per heavy atom. The first kappa shape index (κ1) is 11.9. The summed E-state index contributed by atoms with van der Waals surface area (Å²) in [6.07, 6.45) is -0.208. The van der Waals surface area contributed by atoms with Crippen molar-refractivity contribution < 1.29 is 19.9 Å². The van der Waals surface area contributed by atoms with Gasteiger partial charge in [0.05, 0.1) is 4.92 Å². The maximum atomic E-state index is 10.6. The van der Waals surface area contributed by atoms with E-state index in [9.17, 15) is 14.9 Å². The molecule has 0 radical (unpaired) electrons. The summed E-state index contributed by atoms with van der Waals surface area (Å²) in [5.41, 5.74) is 5.11. The van der Waals surface area contributed by atoms with Gasteiger partial charge in [0, 0.05) is 18.1 Å². The van der Waals surface area contributed by atoms with Crippen molar-refractivity contribution in [1.82, 2.24) is 0 Å². The van der Waals surface area contributed by atoms with E-state index in [4.69, 9.17) is 15.9 Å². The van der Waals surface area contributed by atoms with Crippen LogP contribution < -0.4 is 5.73 Å². The van der Waals surface area contributed by atoms with Gasteiger partial charge in [-0.25, -0.2) is 0 Å². The van der Waals surface area contributed by atoms with Gasteiger partial charge in [0.1, 0.15) is 11.8 Å². The SMILES string of the molecule is N[C@@H](Cc1cc(O)ccc1[N+](=O)[O-])C(=O)O. The molecule has 0 aromatic heterocycles. The average molecular weight is 226 g/mol. The maximum Gasteiger partial charge on any atom is 0.320 e. The van der Waals surface area contributed by atoms with Crippen molar-refractivity contribution in [2.24, 2.45) is 5.73 Å². The third-order valence-electron chi connectivity index (χ3n) is 2.02.